The van der Waals surface area contributed by atoms with Gasteiger partial charge in [0.05, 0.1) is 17.7 Å². The number of hydrogen-bond donors (Lipinski definition) is 1. The lowest BCUT2D eigenvalue weighted by Crippen LogP contribution is -2.35. The highest BCUT2D eigenvalue weighted by atomic mass is 35.5. The number of carbonyl (C=O) groups excluding carboxylic acids is 2. The Hall–Kier alpha value is -2.83. The number of carbonyl (C=O) groups is 2. The SMILES string of the molecule is CC(C)Oc1cccc(C2/C(=C(/O)c3ccc(Cl)cc3)C(=O)C(=O)N2CCN(C)C)c1. The average molecular weight is 443 g/mol. The van der Waals surface area contributed by atoms with Crippen LogP contribution >= 0.6 is 11.6 Å². The van der Waals surface area contributed by atoms with E-state index < -0.39 is 17.7 Å². The zero-order chi connectivity index (χ0) is 22.7. The van der Waals surface area contributed by atoms with E-state index in [1.807, 2.05) is 57.1 Å². The number of benzene rings is 2. The summed E-state index contributed by atoms with van der Waals surface area (Å²) in [5, 5.41) is 11.5. The quantitative estimate of drug-likeness (QED) is 0.397. The number of Topliss-reactive ketones (excluding diaryl/α,β-unsaturated/α-hetero) is 1. The highest BCUT2D eigenvalue weighted by molar-refractivity contribution is 6.46. The predicted molar refractivity (Wildman–Crippen MR) is 121 cm³/mol. The average Bonchev–Trinajstić information content (AvgIpc) is 2.96. The molecule has 1 fully saturated rings. The fourth-order valence-electron chi connectivity index (χ4n) is 3.56. The molecule has 6 nitrogen and oxygen atoms in total. The van der Waals surface area contributed by atoms with E-state index in [0.717, 1.165) is 0 Å². The summed E-state index contributed by atoms with van der Waals surface area (Å²) in [5.41, 5.74) is 1.19. The van der Waals surface area contributed by atoms with Crippen LogP contribution in [0, 0.1) is 0 Å². The predicted octanol–water partition coefficient (Wildman–Crippen LogP) is 4.11. The minimum absolute atomic E-state index is 0.0237. The van der Waals surface area contributed by atoms with Crippen molar-refractivity contribution in [1.82, 2.24) is 9.80 Å². The maximum Gasteiger partial charge on any atom is 0.295 e. The molecule has 7 heteroatoms. The number of aliphatic hydroxyl groups is 1. The van der Waals surface area contributed by atoms with Crippen molar-refractivity contribution in [3.8, 4) is 5.75 Å². The number of likely N-dealkylation sites (N-methyl/N-ethyl adjacent to an activating group) is 1. The highest BCUT2D eigenvalue weighted by Crippen LogP contribution is 2.40. The Balaban J connectivity index is 2.13. The van der Waals surface area contributed by atoms with Gasteiger partial charge in [-0.2, -0.15) is 0 Å². The summed E-state index contributed by atoms with van der Waals surface area (Å²) in [5.74, 6) is -0.913. The van der Waals surface area contributed by atoms with Gasteiger partial charge in [0, 0.05) is 23.7 Å². The van der Waals surface area contributed by atoms with E-state index in [0.29, 0.717) is 35.0 Å². The molecule has 0 aliphatic carbocycles. The molecular weight excluding hydrogens is 416 g/mol. The zero-order valence-corrected chi connectivity index (χ0v) is 18.9. The van der Waals surface area contributed by atoms with Crippen LogP contribution in [0.4, 0.5) is 0 Å². The molecule has 1 saturated heterocycles. The fraction of sp³-hybridized carbons (Fsp3) is 0.333. The van der Waals surface area contributed by atoms with E-state index in [4.69, 9.17) is 16.3 Å². The number of amides is 1. The molecule has 0 aromatic heterocycles. The Morgan fingerprint density at radius 1 is 1.16 bits per heavy atom. The molecule has 31 heavy (non-hydrogen) atoms. The molecule has 1 N–H and O–H groups in total. The number of aliphatic hydroxyl groups excluding tert-OH is 1. The molecule has 164 valence electrons. The third-order valence-corrected chi connectivity index (χ3v) is 5.24. The summed E-state index contributed by atoms with van der Waals surface area (Å²) in [7, 11) is 3.80. The smallest absolute Gasteiger partial charge is 0.295 e. The molecule has 2 aromatic rings. The number of ether oxygens (including phenoxy) is 1. The molecular formula is C24H27ClN2O4. The van der Waals surface area contributed by atoms with Gasteiger partial charge in [-0.05, 0) is 69.9 Å². The van der Waals surface area contributed by atoms with Crippen LogP contribution in [-0.4, -0.2) is 59.9 Å². The highest BCUT2D eigenvalue weighted by Gasteiger charge is 2.46. The molecule has 2 aromatic carbocycles. The topological polar surface area (TPSA) is 70.1 Å². The minimum Gasteiger partial charge on any atom is -0.507 e. The maximum absolute atomic E-state index is 13.0. The van der Waals surface area contributed by atoms with Gasteiger partial charge in [-0.3, -0.25) is 9.59 Å². The second-order valence-electron chi connectivity index (χ2n) is 8.04. The maximum atomic E-state index is 13.0. The monoisotopic (exact) mass is 442 g/mol. The third-order valence-electron chi connectivity index (χ3n) is 4.99. The van der Waals surface area contributed by atoms with Crippen molar-refractivity contribution in [2.75, 3.05) is 27.2 Å². The summed E-state index contributed by atoms with van der Waals surface area (Å²) in [6.07, 6.45) is -0.0237. The number of rotatable bonds is 7. The summed E-state index contributed by atoms with van der Waals surface area (Å²) >= 11 is 5.96. The van der Waals surface area contributed by atoms with Crippen molar-refractivity contribution in [3.63, 3.8) is 0 Å². The first-order valence-electron chi connectivity index (χ1n) is 10.1. The van der Waals surface area contributed by atoms with Gasteiger partial charge in [0.2, 0.25) is 0 Å². The first-order valence-corrected chi connectivity index (χ1v) is 10.5. The molecule has 1 aliphatic heterocycles. The van der Waals surface area contributed by atoms with Crippen LogP contribution in [0.15, 0.2) is 54.1 Å². The van der Waals surface area contributed by atoms with E-state index >= 15 is 0 Å². The van der Waals surface area contributed by atoms with Gasteiger partial charge in [-0.25, -0.2) is 0 Å². The van der Waals surface area contributed by atoms with Gasteiger partial charge in [0.25, 0.3) is 11.7 Å². The van der Waals surface area contributed by atoms with E-state index in [1.165, 1.54) is 4.90 Å². The second-order valence-corrected chi connectivity index (χ2v) is 8.48. The lowest BCUT2D eigenvalue weighted by atomic mass is 9.95. The third kappa shape index (κ3) is 5.09. The van der Waals surface area contributed by atoms with Crippen LogP contribution < -0.4 is 4.74 Å². The Morgan fingerprint density at radius 3 is 2.45 bits per heavy atom. The van der Waals surface area contributed by atoms with Crippen LogP contribution in [0.1, 0.15) is 31.0 Å². The Labute approximate surface area is 187 Å². The van der Waals surface area contributed by atoms with Gasteiger partial charge in [0.15, 0.2) is 0 Å². The summed E-state index contributed by atoms with van der Waals surface area (Å²) in [4.78, 5) is 29.4. The number of halogens is 1. The molecule has 1 atom stereocenters. The van der Waals surface area contributed by atoms with Gasteiger partial charge in [0.1, 0.15) is 11.5 Å². The molecule has 0 radical (unpaired) electrons. The van der Waals surface area contributed by atoms with Crippen LogP contribution in [0.2, 0.25) is 5.02 Å². The Morgan fingerprint density at radius 2 is 1.84 bits per heavy atom. The molecule has 3 rings (SSSR count). The summed E-state index contributed by atoms with van der Waals surface area (Å²) in [6, 6.07) is 13.1. The van der Waals surface area contributed by atoms with Crippen LogP contribution in [-0.2, 0) is 9.59 Å². The van der Waals surface area contributed by atoms with Gasteiger partial charge in [-0.15, -0.1) is 0 Å². The van der Waals surface area contributed by atoms with Gasteiger partial charge < -0.3 is 19.6 Å². The first-order chi connectivity index (χ1) is 14.7. The van der Waals surface area contributed by atoms with Crippen LogP contribution in [0.25, 0.3) is 5.76 Å². The zero-order valence-electron chi connectivity index (χ0n) is 18.1. The van der Waals surface area contributed by atoms with Crippen LogP contribution in [0.3, 0.4) is 0 Å². The molecule has 0 saturated carbocycles. The normalized spacial score (nSPS) is 18.3. The van der Waals surface area contributed by atoms with E-state index in [1.54, 1.807) is 24.3 Å². The van der Waals surface area contributed by atoms with E-state index in [-0.39, 0.29) is 17.4 Å². The molecule has 1 heterocycles. The van der Waals surface area contributed by atoms with Crippen molar-refractivity contribution in [1.29, 1.82) is 0 Å². The molecule has 1 unspecified atom stereocenters. The lowest BCUT2D eigenvalue weighted by Gasteiger charge is -2.27. The largest absolute Gasteiger partial charge is 0.507 e. The fourth-order valence-corrected chi connectivity index (χ4v) is 3.68. The van der Waals surface area contributed by atoms with E-state index in [2.05, 4.69) is 0 Å². The minimum atomic E-state index is -0.716. The first kappa shape index (κ1) is 22.8. The lowest BCUT2D eigenvalue weighted by molar-refractivity contribution is -0.140. The Bertz CT molecular complexity index is 999. The standard InChI is InChI=1S/C24H27ClN2O4/c1-15(2)31-19-7-5-6-17(14-19)21-20(22(28)16-8-10-18(25)11-9-16)23(29)24(30)27(21)13-12-26(3)4/h5-11,14-15,21,28H,12-13H2,1-4H3/b22-20-. The number of nitrogens with zero attached hydrogens (tertiary/aromatic N) is 2. The number of ketones is 1. The van der Waals surface area contributed by atoms with Gasteiger partial charge in [-0.1, -0.05) is 23.7 Å². The van der Waals surface area contributed by atoms with Crippen molar-refractivity contribution in [2.24, 2.45) is 0 Å². The summed E-state index contributed by atoms with van der Waals surface area (Å²) in [6.45, 7) is 4.77. The molecule has 0 bridgehead atoms. The molecule has 1 aliphatic rings. The van der Waals surface area contributed by atoms with Crippen molar-refractivity contribution in [2.45, 2.75) is 26.0 Å². The van der Waals surface area contributed by atoms with Crippen LogP contribution in [0.5, 0.6) is 5.75 Å². The molecule has 0 spiro atoms. The van der Waals surface area contributed by atoms with E-state index in [9.17, 15) is 14.7 Å². The second kappa shape index (κ2) is 9.54. The summed E-state index contributed by atoms with van der Waals surface area (Å²) < 4.78 is 5.81. The number of hydrogen-bond acceptors (Lipinski definition) is 5. The Kier molecular flexibility index (Phi) is 7.03. The van der Waals surface area contributed by atoms with Crippen molar-refractivity contribution < 1.29 is 19.4 Å². The number of likely N-dealkylation sites (tertiary alicyclic amines) is 1. The van der Waals surface area contributed by atoms with Gasteiger partial charge >= 0.3 is 0 Å². The van der Waals surface area contributed by atoms with Crippen molar-refractivity contribution >= 4 is 29.1 Å². The van der Waals surface area contributed by atoms with Crippen molar-refractivity contribution in [3.05, 3.63) is 70.3 Å². The molecule has 1 amide bonds.